The van der Waals surface area contributed by atoms with Gasteiger partial charge in [0.05, 0.1) is 6.20 Å². The smallest absolute Gasteiger partial charge is 0.310 e. The van der Waals surface area contributed by atoms with Crippen LogP contribution in [0.1, 0.15) is 5.56 Å². The van der Waals surface area contributed by atoms with Crippen LogP contribution in [0, 0.1) is 0 Å². The summed E-state index contributed by atoms with van der Waals surface area (Å²) in [5, 5.41) is 6.74. The molecule has 14 heavy (non-hydrogen) atoms. The molecule has 0 fully saturated rings. The maximum Gasteiger partial charge on any atom is 0.420 e. The maximum atomic E-state index is 12.3. The lowest BCUT2D eigenvalue weighted by molar-refractivity contribution is -0.136. The highest BCUT2D eigenvalue weighted by atomic mass is 19.4. The summed E-state index contributed by atoms with van der Waals surface area (Å²) in [6, 6.07) is 0. The zero-order chi connectivity index (χ0) is 10.3. The molecule has 0 aliphatic rings. The fourth-order valence-corrected chi connectivity index (χ4v) is 1.06. The van der Waals surface area contributed by atoms with Gasteiger partial charge < -0.3 is 4.98 Å². The molecule has 0 aromatic carbocycles. The van der Waals surface area contributed by atoms with E-state index in [4.69, 9.17) is 0 Å². The Hall–Kier alpha value is -1.86. The van der Waals surface area contributed by atoms with E-state index in [2.05, 4.69) is 10.2 Å². The van der Waals surface area contributed by atoms with Crippen molar-refractivity contribution in [2.75, 3.05) is 0 Å². The van der Waals surface area contributed by atoms with Crippen molar-refractivity contribution >= 4 is 5.52 Å². The van der Waals surface area contributed by atoms with Gasteiger partial charge in [-0.05, 0) is 0 Å². The van der Waals surface area contributed by atoms with Gasteiger partial charge in [-0.1, -0.05) is 0 Å². The first kappa shape index (κ1) is 8.73. The van der Waals surface area contributed by atoms with E-state index in [1.54, 1.807) is 0 Å². The number of fused-ring (bicyclic) bond motifs is 1. The van der Waals surface area contributed by atoms with Crippen LogP contribution >= 0.6 is 0 Å². The molecule has 2 rings (SSSR count). The SMILES string of the molecule is O=c1[nH]cnn2ncc(C(F)(F)F)c12. The van der Waals surface area contributed by atoms with Crippen LogP contribution in [-0.2, 0) is 6.18 Å². The average Bonchev–Trinajstić information content (AvgIpc) is 2.47. The average molecular weight is 204 g/mol. The lowest BCUT2D eigenvalue weighted by atomic mass is 10.3. The maximum absolute atomic E-state index is 12.3. The molecule has 1 N–H and O–H groups in total. The van der Waals surface area contributed by atoms with Crippen LogP contribution in [0.2, 0.25) is 0 Å². The van der Waals surface area contributed by atoms with Crippen LogP contribution in [0.5, 0.6) is 0 Å². The Morgan fingerprint density at radius 2 is 2.07 bits per heavy atom. The third-order valence-corrected chi connectivity index (χ3v) is 1.63. The number of aromatic nitrogens is 4. The third kappa shape index (κ3) is 1.15. The highest BCUT2D eigenvalue weighted by Crippen LogP contribution is 2.30. The fraction of sp³-hybridized carbons (Fsp3) is 0.167. The number of hydrogen-bond donors (Lipinski definition) is 1. The molecule has 8 heteroatoms. The molecule has 0 spiro atoms. The van der Waals surface area contributed by atoms with Gasteiger partial charge in [0.15, 0.2) is 5.52 Å². The lowest BCUT2D eigenvalue weighted by Gasteiger charge is -2.01. The van der Waals surface area contributed by atoms with Gasteiger partial charge in [0.2, 0.25) is 0 Å². The second kappa shape index (κ2) is 2.56. The molecule has 0 atom stereocenters. The molecular weight excluding hydrogens is 201 g/mol. The van der Waals surface area contributed by atoms with Crippen molar-refractivity contribution in [3.8, 4) is 0 Å². The van der Waals surface area contributed by atoms with Crippen LogP contribution in [-0.4, -0.2) is 19.8 Å². The third-order valence-electron chi connectivity index (χ3n) is 1.63. The van der Waals surface area contributed by atoms with Gasteiger partial charge in [-0.15, -0.1) is 9.73 Å². The number of hydrogen-bond acceptors (Lipinski definition) is 3. The topological polar surface area (TPSA) is 63.0 Å². The highest BCUT2D eigenvalue weighted by molar-refractivity contribution is 5.51. The van der Waals surface area contributed by atoms with Gasteiger partial charge in [0, 0.05) is 0 Å². The molecule has 2 aromatic rings. The minimum absolute atomic E-state index is 0.567. The van der Waals surface area contributed by atoms with Crippen molar-refractivity contribution in [1.82, 2.24) is 19.8 Å². The molecule has 0 saturated heterocycles. The summed E-state index contributed by atoms with van der Waals surface area (Å²) in [6.07, 6.45) is -3.06. The Kier molecular flexibility index (Phi) is 1.60. The van der Waals surface area contributed by atoms with Crippen molar-refractivity contribution in [1.29, 1.82) is 0 Å². The van der Waals surface area contributed by atoms with E-state index in [1.807, 2.05) is 4.98 Å². The Morgan fingerprint density at radius 3 is 2.71 bits per heavy atom. The second-order valence-electron chi connectivity index (χ2n) is 2.51. The molecule has 0 bridgehead atoms. The Balaban J connectivity index is 2.87. The number of rotatable bonds is 0. The molecule has 0 radical (unpaired) electrons. The van der Waals surface area contributed by atoms with Crippen LogP contribution in [0.4, 0.5) is 13.2 Å². The number of nitrogens with one attached hydrogen (secondary N) is 1. The first-order valence-electron chi connectivity index (χ1n) is 3.49. The quantitative estimate of drug-likeness (QED) is 0.677. The van der Waals surface area contributed by atoms with E-state index >= 15 is 0 Å². The van der Waals surface area contributed by atoms with Crippen LogP contribution < -0.4 is 5.56 Å². The predicted octanol–water partition coefficient (Wildman–Crippen LogP) is 0.436. The summed E-state index contributed by atoms with van der Waals surface area (Å²) in [6.45, 7) is 0. The fourth-order valence-electron chi connectivity index (χ4n) is 1.06. The van der Waals surface area contributed by atoms with E-state index in [-0.39, 0.29) is 0 Å². The van der Waals surface area contributed by atoms with Gasteiger partial charge in [0.1, 0.15) is 11.9 Å². The molecule has 2 heterocycles. The van der Waals surface area contributed by atoms with Crippen molar-refractivity contribution < 1.29 is 13.2 Å². The molecule has 0 amide bonds. The van der Waals surface area contributed by atoms with E-state index in [0.717, 1.165) is 6.33 Å². The van der Waals surface area contributed by atoms with E-state index in [9.17, 15) is 18.0 Å². The summed E-state index contributed by atoms with van der Waals surface area (Å²) < 4.78 is 37.5. The molecule has 0 aliphatic heterocycles. The molecule has 2 aromatic heterocycles. The number of alkyl halides is 3. The zero-order valence-corrected chi connectivity index (χ0v) is 6.54. The molecular formula is C6H3F3N4O. The first-order chi connectivity index (χ1) is 6.50. The van der Waals surface area contributed by atoms with Crippen LogP contribution in [0.25, 0.3) is 5.52 Å². The van der Waals surface area contributed by atoms with E-state index in [0.29, 0.717) is 10.8 Å². The minimum Gasteiger partial charge on any atom is -0.310 e. The van der Waals surface area contributed by atoms with Crippen molar-refractivity contribution in [3.05, 3.63) is 28.4 Å². The first-order valence-corrected chi connectivity index (χ1v) is 3.49. The molecule has 0 saturated carbocycles. The molecule has 0 aliphatic carbocycles. The normalized spacial score (nSPS) is 12.2. The Bertz CT molecular complexity index is 526. The van der Waals surface area contributed by atoms with Crippen LogP contribution in [0.15, 0.2) is 17.3 Å². The zero-order valence-electron chi connectivity index (χ0n) is 6.54. The largest absolute Gasteiger partial charge is 0.420 e. The predicted molar refractivity (Wildman–Crippen MR) is 38.6 cm³/mol. The van der Waals surface area contributed by atoms with Crippen LogP contribution in [0.3, 0.4) is 0 Å². The summed E-state index contributed by atoms with van der Waals surface area (Å²) in [4.78, 5) is 13.1. The molecule has 74 valence electrons. The lowest BCUT2D eigenvalue weighted by Crippen LogP contribution is -2.15. The summed E-state index contributed by atoms with van der Waals surface area (Å²) in [5.74, 6) is 0. The van der Waals surface area contributed by atoms with Crippen molar-refractivity contribution in [2.45, 2.75) is 6.18 Å². The van der Waals surface area contributed by atoms with Crippen molar-refractivity contribution in [3.63, 3.8) is 0 Å². The number of H-pyrrole nitrogens is 1. The highest BCUT2D eigenvalue weighted by Gasteiger charge is 2.35. The van der Waals surface area contributed by atoms with Gasteiger partial charge in [0.25, 0.3) is 5.56 Å². The Morgan fingerprint density at radius 1 is 1.36 bits per heavy atom. The monoisotopic (exact) mass is 204 g/mol. The second-order valence-corrected chi connectivity index (χ2v) is 2.51. The number of aromatic amines is 1. The van der Waals surface area contributed by atoms with E-state index in [1.165, 1.54) is 0 Å². The summed E-state index contributed by atoms with van der Waals surface area (Å²) in [5.41, 5.74) is -2.56. The van der Waals surface area contributed by atoms with Crippen molar-refractivity contribution in [2.24, 2.45) is 0 Å². The Labute approximate surface area is 74.2 Å². The molecule has 0 unspecified atom stereocenters. The summed E-state index contributed by atoms with van der Waals surface area (Å²) >= 11 is 0. The molecule has 5 nitrogen and oxygen atoms in total. The minimum atomic E-state index is -4.60. The number of halogens is 3. The van der Waals surface area contributed by atoms with Gasteiger partial charge in [-0.3, -0.25) is 4.79 Å². The standard InChI is InChI=1S/C6H3F3N4O/c7-6(8,9)3-1-11-13-4(3)5(14)10-2-12-13/h1-2H,(H,10,12,14). The van der Waals surface area contributed by atoms with Gasteiger partial charge in [-0.25, -0.2) is 0 Å². The van der Waals surface area contributed by atoms with Gasteiger partial charge in [-0.2, -0.15) is 18.3 Å². The van der Waals surface area contributed by atoms with E-state index < -0.39 is 22.8 Å². The van der Waals surface area contributed by atoms with Gasteiger partial charge >= 0.3 is 6.18 Å². The number of nitrogens with zero attached hydrogens (tertiary/aromatic N) is 3. The summed E-state index contributed by atoms with van der Waals surface area (Å²) in [7, 11) is 0.